The van der Waals surface area contributed by atoms with E-state index >= 15 is 0 Å². The van der Waals surface area contributed by atoms with E-state index in [2.05, 4.69) is 10.6 Å². The predicted molar refractivity (Wildman–Crippen MR) is 61.3 cm³/mol. The van der Waals surface area contributed by atoms with Gasteiger partial charge in [-0.3, -0.25) is 5.32 Å². The molecule has 1 aliphatic carbocycles. The lowest BCUT2D eigenvalue weighted by molar-refractivity contribution is 0.222. The molecule has 0 aromatic carbocycles. The molecule has 0 saturated heterocycles. The molecule has 0 aliphatic heterocycles. The van der Waals surface area contributed by atoms with E-state index in [1.54, 1.807) is 0 Å². The number of nitrogens with two attached hydrogens (primary N) is 2. The van der Waals surface area contributed by atoms with Crippen LogP contribution < -0.4 is 22.1 Å². The van der Waals surface area contributed by atoms with Gasteiger partial charge in [0.2, 0.25) is 0 Å². The van der Waals surface area contributed by atoms with Gasteiger partial charge in [-0.25, -0.2) is 0 Å². The third-order valence-corrected chi connectivity index (χ3v) is 2.99. The van der Waals surface area contributed by atoms with Gasteiger partial charge in [0.15, 0.2) is 0 Å². The molecule has 0 heterocycles. The van der Waals surface area contributed by atoms with Crippen molar-refractivity contribution in [3.8, 4) is 0 Å². The van der Waals surface area contributed by atoms with Crippen molar-refractivity contribution in [3.05, 3.63) is 0 Å². The van der Waals surface area contributed by atoms with Crippen LogP contribution >= 0.6 is 0 Å². The van der Waals surface area contributed by atoms with Gasteiger partial charge in [0.25, 0.3) is 0 Å². The number of rotatable bonds is 6. The summed E-state index contributed by atoms with van der Waals surface area (Å²) in [6, 6.07) is 0.330. The standard InChI is InChI=1S/C10H24N4O/c11-9-1-3-10(12,4-2-9)14-6-5-13-7-8-15/h9,13-15H,1-8,11-12H2. The first-order valence-corrected chi connectivity index (χ1v) is 5.77. The third-order valence-electron chi connectivity index (χ3n) is 2.99. The summed E-state index contributed by atoms with van der Waals surface area (Å²) in [5, 5.41) is 15.0. The maximum Gasteiger partial charge on any atom is 0.0663 e. The van der Waals surface area contributed by atoms with Crippen molar-refractivity contribution in [2.75, 3.05) is 26.2 Å². The molecule has 90 valence electrons. The molecule has 0 radical (unpaired) electrons. The van der Waals surface area contributed by atoms with Crippen molar-refractivity contribution in [1.29, 1.82) is 0 Å². The second-order valence-corrected chi connectivity index (χ2v) is 4.39. The van der Waals surface area contributed by atoms with E-state index in [1.807, 2.05) is 0 Å². The Morgan fingerprint density at radius 3 is 2.47 bits per heavy atom. The van der Waals surface area contributed by atoms with Gasteiger partial charge < -0.3 is 21.9 Å². The molecule has 0 aromatic rings. The SMILES string of the molecule is NC1CCC(N)(NCCNCCO)CC1. The minimum absolute atomic E-state index is 0.183. The van der Waals surface area contributed by atoms with Crippen molar-refractivity contribution in [2.45, 2.75) is 37.4 Å². The van der Waals surface area contributed by atoms with E-state index in [0.29, 0.717) is 12.6 Å². The Morgan fingerprint density at radius 1 is 1.20 bits per heavy atom. The van der Waals surface area contributed by atoms with Crippen LogP contribution in [0.1, 0.15) is 25.7 Å². The first kappa shape index (κ1) is 12.9. The van der Waals surface area contributed by atoms with Gasteiger partial charge in [0, 0.05) is 25.7 Å². The number of aliphatic hydroxyl groups excluding tert-OH is 1. The normalized spacial score (nSPS) is 31.8. The zero-order chi connectivity index (χ0) is 11.1. The van der Waals surface area contributed by atoms with E-state index < -0.39 is 0 Å². The summed E-state index contributed by atoms with van der Waals surface area (Å²) in [6.07, 6.45) is 3.92. The van der Waals surface area contributed by atoms with Crippen LogP contribution in [0, 0.1) is 0 Å². The topological polar surface area (TPSA) is 96.3 Å². The molecule has 1 aliphatic rings. The minimum atomic E-state index is -0.225. The number of hydrogen-bond acceptors (Lipinski definition) is 5. The zero-order valence-corrected chi connectivity index (χ0v) is 9.34. The third kappa shape index (κ3) is 4.90. The first-order valence-electron chi connectivity index (χ1n) is 5.77. The van der Waals surface area contributed by atoms with Crippen molar-refractivity contribution >= 4 is 0 Å². The van der Waals surface area contributed by atoms with E-state index in [-0.39, 0.29) is 12.3 Å². The van der Waals surface area contributed by atoms with Crippen molar-refractivity contribution < 1.29 is 5.11 Å². The Kier molecular flexibility index (Phi) is 5.49. The Morgan fingerprint density at radius 2 is 1.87 bits per heavy atom. The van der Waals surface area contributed by atoms with Crippen LogP contribution in [-0.2, 0) is 0 Å². The van der Waals surface area contributed by atoms with Crippen LogP contribution in [0.4, 0.5) is 0 Å². The molecule has 1 saturated carbocycles. The number of hydrogen-bond donors (Lipinski definition) is 5. The molecular formula is C10H24N4O. The molecule has 1 fully saturated rings. The Balaban J connectivity index is 2.08. The van der Waals surface area contributed by atoms with Crippen molar-refractivity contribution in [3.63, 3.8) is 0 Å². The van der Waals surface area contributed by atoms with Gasteiger partial charge >= 0.3 is 0 Å². The molecule has 0 spiro atoms. The van der Waals surface area contributed by atoms with Gasteiger partial charge in [-0.2, -0.15) is 0 Å². The van der Waals surface area contributed by atoms with E-state index in [9.17, 15) is 0 Å². The predicted octanol–water partition coefficient (Wildman–Crippen LogP) is -1.29. The second kappa shape index (κ2) is 6.40. The summed E-state index contributed by atoms with van der Waals surface area (Å²) in [5.41, 5.74) is 11.8. The lowest BCUT2D eigenvalue weighted by atomic mass is 9.87. The summed E-state index contributed by atoms with van der Waals surface area (Å²) in [4.78, 5) is 0. The average molecular weight is 216 g/mol. The Hall–Kier alpha value is -0.200. The Bertz CT molecular complexity index is 169. The fourth-order valence-electron chi connectivity index (χ4n) is 1.94. The van der Waals surface area contributed by atoms with Crippen LogP contribution in [-0.4, -0.2) is 43.1 Å². The Labute approximate surface area is 91.6 Å². The minimum Gasteiger partial charge on any atom is -0.395 e. The molecule has 0 bridgehead atoms. The highest BCUT2D eigenvalue weighted by molar-refractivity contribution is 4.88. The van der Waals surface area contributed by atoms with Gasteiger partial charge in [-0.1, -0.05) is 0 Å². The highest BCUT2D eigenvalue weighted by Gasteiger charge is 2.29. The van der Waals surface area contributed by atoms with Crippen LogP contribution in [0.3, 0.4) is 0 Å². The zero-order valence-electron chi connectivity index (χ0n) is 9.34. The summed E-state index contributed by atoms with van der Waals surface area (Å²) in [6.45, 7) is 2.50. The average Bonchev–Trinajstić information content (AvgIpc) is 2.23. The van der Waals surface area contributed by atoms with E-state index in [4.69, 9.17) is 16.6 Å². The summed E-state index contributed by atoms with van der Waals surface area (Å²) < 4.78 is 0. The molecule has 15 heavy (non-hydrogen) atoms. The molecule has 0 amide bonds. The van der Waals surface area contributed by atoms with Crippen LogP contribution in [0.25, 0.3) is 0 Å². The van der Waals surface area contributed by atoms with Gasteiger partial charge in [0.05, 0.1) is 12.3 Å². The molecule has 0 atom stereocenters. The van der Waals surface area contributed by atoms with Crippen LogP contribution in [0.2, 0.25) is 0 Å². The summed E-state index contributed by atoms with van der Waals surface area (Å²) in [5.74, 6) is 0. The van der Waals surface area contributed by atoms with Crippen molar-refractivity contribution in [2.24, 2.45) is 11.5 Å². The van der Waals surface area contributed by atoms with Crippen molar-refractivity contribution in [1.82, 2.24) is 10.6 Å². The molecule has 5 nitrogen and oxygen atoms in total. The highest BCUT2D eigenvalue weighted by atomic mass is 16.3. The number of aliphatic hydroxyl groups is 1. The molecule has 7 N–H and O–H groups in total. The lowest BCUT2D eigenvalue weighted by Gasteiger charge is -2.37. The van der Waals surface area contributed by atoms with Crippen LogP contribution in [0.5, 0.6) is 0 Å². The maximum absolute atomic E-state index is 8.57. The van der Waals surface area contributed by atoms with E-state index in [1.165, 1.54) is 0 Å². The molecular weight excluding hydrogens is 192 g/mol. The molecule has 0 aromatic heterocycles. The lowest BCUT2D eigenvalue weighted by Crippen LogP contribution is -2.58. The first-order chi connectivity index (χ1) is 7.16. The quantitative estimate of drug-likeness (QED) is 0.281. The van der Waals surface area contributed by atoms with Gasteiger partial charge in [-0.15, -0.1) is 0 Å². The second-order valence-electron chi connectivity index (χ2n) is 4.39. The van der Waals surface area contributed by atoms with Crippen LogP contribution in [0.15, 0.2) is 0 Å². The highest BCUT2D eigenvalue weighted by Crippen LogP contribution is 2.22. The largest absolute Gasteiger partial charge is 0.395 e. The monoisotopic (exact) mass is 216 g/mol. The fraction of sp³-hybridized carbons (Fsp3) is 1.00. The summed E-state index contributed by atoms with van der Waals surface area (Å²) in [7, 11) is 0. The van der Waals surface area contributed by atoms with Gasteiger partial charge in [-0.05, 0) is 25.7 Å². The van der Waals surface area contributed by atoms with E-state index in [0.717, 1.165) is 38.8 Å². The summed E-state index contributed by atoms with van der Waals surface area (Å²) >= 11 is 0. The smallest absolute Gasteiger partial charge is 0.0663 e. The molecule has 0 unspecified atom stereocenters. The fourth-order valence-corrected chi connectivity index (χ4v) is 1.94. The number of nitrogens with one attached hydrogen (secondary N) is 2. The molecule has 1 rings (SSSR count). The maximum atomic E-state index is 8.57. The molecule has 5 heteroatoms. The van der Waals surface area contributed by atoms with Gasteiger partial charge in [0.1, 0.15) is 0 Å².